The average molecular weight is 333 g/mol. The van der Waals surface area contributed by atoms with Gasteiger partial charge in [-0.25, -0.2) is 9.59 Å². The lowest BCUT2D eigenvalue weighted by molar-refractivity contribution is -0.158. The molecule has 3 N–H and O–H groups in total. The van der Waals surface area contributed by atoms with E-state index >= 15 is 0 Å². The minimum absolute atomic E-state index is 0.113. The van der Waals surface area contributed by atoms with Crippen molar-refractivity contribution in [3.63, 3.8) is 0 Å². The van der Waals surface area contributed by atoms with Crippen LogP contribution in [0.25, 0.3) is 0 Å². The highest BCUT2D eigenvalue weighted by Crippen LogP contribution is 2.17. The molecule has 0 radical (unpaired) electrons. The van der Waals surface area contributed by atoms with E-state index in [0.29, 0.717) is 0 Å². The van der Waals surface area contributed by atoms with Crippen molar-refractivity contribution in [1.82, 2.24) is 5.32 Å². The minimum Gasteiger partial charge on any atom is -0.458 e. The number of carbonyl (C=O) groups excluding carboxylic acids is 2. The fraction of sp³-hybridized carbons (Fsp3) is 0.875. The van der Waals surface area contributed by atoms with Gasteiger partial charge in [-0.15, -0.1) is 0 Å². The van der Waals surface area contributed by atoms with Crippen LogP contribution in [0.2, 0.25) is 0 Å². The molecular formula is C16H31NO6. The number of hydrogen-bond donors (Lipinski definition) is 3. The molecule has 0 rings (SSSR count). The predicted octanol–water partition coefficient (Wildman–Crippen LogP) is 1.74. The number of hydrogen-bond acceptors (Lipinski definition) is 6. The van der Waals surface area contributed by atoms with E-state index in [1.54, 1.807) is 41.5 Å². The molecular weight excluding hydrogens is 302 g/mol. The van der Waals surface area contributed by atoms with E-state index in [4.69, 9.17) is 14.6 Å². The van der Waals surface area contributed by atoms with Gasteiger partial charge in [0.2, 0.25) is 0 Å². The Morgan fingerprint density at radius 1 is 1.00 bits per heavy atom. The Labute approximate surface area is 138 Å². The first kappa shape index (κ1) is 21.7. The van der Waals surface area contributed by atoms with E-state index < -0.39 is 41.5 Å². The Morgan fingerprint density at radius 3 is 1.87 bits per heavy atom. The van der Waals surface area contributed by atoms with E-state index in [2.05, 4.69) is 5.32 Å². The lowest BCUT2D eigenvalue weighted by Gasteiger charge is -2.28. The second kappa shape index (κ2) is 7.97. The Balaban J connectivity index is 4.93. The number of alkyl carbamates (subject to hydrolysis) is 1. The zero-order valence-corrected chi connectivity index (χ0v) is 15.2. The minimum atomic E-state index is -1.34. The van der Waals surface area contributed by atoms with Gasteiger partial charge < -0.3 is 25.0 Å². The fourth-order valence-electron chi connectivity index (χ4n) is 1.61. The van der Waals surface area contributed by atoms with Crippen LogP contribution in [0.3, 0.4) is 0 Å². The van der Waals surface area contributed by atoms with Crippen LogP contribution in [0, 0.1) is 0 Å². The standard InChI is InChI=1S/C16H31NO6/c1-14(2,3)22-12(19)11(8-9-16(7,21)10-18)17-13(20)23-15(4,5)6/h11,18,21H,8-10H2,1-7H3,(H,17,20)/t11-,16+/m0/s1. The summed E-state index contributed by atoms with van der Waals surface area (Å²) in [6.07, 6.45) is -0.512. The Kier molecular flexibility index (Phi) is 7.50. The number of rotatable bonds is 6. The average Bonchev–Trinajstić information content (AvgIpc) is 2.30. The Hall–Kier alpha value is -1.34. The molecule has 0 aromatic heterocycles. The molecule has 0 aromatic carbocycles. The first-order valence-electron chi connectivity index (χ1n) is 7.71. The first-order valence-corrected chi connectivity index (χ1v) is 7.71. The van der Waals surface area contributed by atoms with Gasteiger partial charge >= 0.3 is 12.1 Å². The zero-order chi connectivity index (χ0) is 18.5. The number of amides is 1. The second-order valence-corrected chi connectivity index (χ2v) is 7.93. The van der Waals surface area contributed by atoms with E-state index in [-0.39, 0.29) is 12.8 Å². The second-order valence-electron chi connectivity index (χ2n) is 7.93. The summed E-state index contributed by atoms with van der Waals surface area (Å²) < 4.78 is 10.4. The molecule has 0 aliphatic rings. The molecule has 0 bridgehead atoms. The lowest BCUT2D eigenvalue weighted by atomic mass is 9.98. The molecule has 136 valence electrons. The maximum absolute atomic E-state index is 12.2. The highest BCUT2D eigenvalue weighted by Gasteiger charge is 2.31. The molecule has 0 unspecified atom stereocenters. The van der Waals surface area contributed by atoms with Crippen molar-refractivity contribution in [2.45, 2.75) is 84.2 Å². The maximum atomic E-state index is 12.2. The van der Waals surface area contributed by atoms with E-state index in [1.165, 1.54) is 6.92 Å². The number of nitrogens with one attached hydrogen (secondary N) is 1. The molecule has 1 amide bonds. The largest absolute Gasteiger partial charge is 0.458 e. The summed E-state index contributed by atoms with van der Waals surface area (Å²) in [5.74, 6) is -0.614. The molecule has 0 spiro atoms. The Morgan fingerprint density at radius 2 is 1.48 bits per heavy atom. The third kappa shape index (κ3) is 10.9. The van der Waals surface area contributed by atoms with Gasteiger partial charge in [-0.3, -0.25) is 0 Å². The summed E-state index contributed by atoms with van der Waals surface area (Å²) in [6, 6.07) is -0.970. The topological polar surface area (TPSA) is 105 Å². The quantitative estimate of drug-likeness (QED) is 0.640. The van der Waals surface area contributed by atoms with Crippen LogP contribution in [-0.2, 0) is 14.3 Å². The van der Waals surface area contributed by atoms with E-state index in [1.807, 2.05) is 0 Å². The van der Waals surface area contributed by atoms with Gasteiger partial charge in [0.05, 0.1) is 12.2 Å². The highest BCUT2D eigenvalue weighted by molar-refractivity contribution is 5.81. The molecule has 0 aliphatic heterocycles. The van der Waals surface area contributed by atoms with Crippen LogP contribution in [-0.4, -0.2) is 51.7 Å². The van der Waals surface area contributed by atoms with Gasteiger partial charge in [-0.1, -0.05) is 0 Å². The van der Waals surface area contributed by atoms with Gasteiger partial charge in [-0.05, 0) is 61.3 Å². The van der Waals surface area contributed by atoms with Crippen LogP contribution >= 0.6 is 0 Å². The molecule has 0 saturated carbocycles. The van der Waals surface area contributed by atoms with Crippen molar-refractivity contribution >= 4 is 12.1 Å². The monoisotopic (exact) mass is 333 g/mol. The molecule has 0 aromatic rings. The molecule has 7 heteroatoms. The van der Waals surface area contributed by atoms with Gasteiger partial charge in [0.15, 0.2) is 0 Å². The van der Waals surface area contributed by atoms with Crippen LogP contribution < -0.4 is 5.32 Å². The van der Waals surface area contributed by atoms with E-state index in [9.17, 15) is 14.7 Å². The molecule has 7 nitrogen and oxygen atoms in total. The summed E-state index contributed by atoms with van der Waals surface area (Å²) in [7, 11) is 0. The van der Waals surface area contributed by atoms with Gasteiger partial charge in [0.25, 0.3) is 0 Å². The number of esters is 1. The number of aliphatic hydroxyl groups excluding tert-OH is 1. The maximum Gasteiger partial charge on any atom is 0.408 e. The zero-order valence-electron chi connectivity index (χ0n) is 15.2. The third-order valence-corrected chi connectivity index (χ3v) is 2.69. The van der Waals surface area contributed by atoms with E-state index in [0.717, 1.165) is 0 Å². The SMILES string of the molecule is CC(C)(C)OC(=O)N[C@@H](CC[C@@](C)(O)CO)C(=O)OC(C)(C)C. The van der Waals surface area contributed by atoms with Crippen molar-refractivity contribution in [3.05, 3.63) is 0 Å². The summed E-state index contributed by atoms with van der Waals surface area (Å²) in [5.41, 5.74) is -2.74. The fourth-order valence-corrected chi connectivity index (χ4v) is 1.61. The summed E-state index contributed by atoms with van der Waals surface area (Å²) in [6.45, 7) is 11.3. The van der Waals surface area contributed by atoms with Gasteiger partial charge in [0.1, 0.15) is 17.2 Å². The van der Waals surface area contributed by atoms with Crippen molar-refractivity contribution < 1.29 is 29.3 Å². The first-order chi connectivity index (χ1) is 10.2. The highest BCUT2D eigenvalue weighted by atomic mass is 16.6. The summed E-state index contributed by atoms with van der Waals surface area (Å²) in [4.78, 5) is 24.1. The molecule has 0 aliphatic carbocycles. The predicted molar refractivity (Wildman–Crippen MR) is 85.9 cm³/mol. The van der Waals surface area contributed by atoms with Gasteiger partial charge in [0, 0.05) is 0 Å². The molecule has 0 heterocycles. The van der Waals surface area contributed by atoms with Crippen LogP contribution in [0.15, 0.2) is 0 Å². The molecule has 0 fully saturated rings. The number of ether oxygens (including phenoxy) is 2. The third-order valence-electron chi connectivity index (χ3n) is 2.69. The summed E-state index contributed by atoms with van der Waals surface area (Å²) in [5, 5.41) is 21.4. The number of carbonyl (C=O) groups is 2. The smallest absolute Gasteiger partial charge is 0.408 e. The lowest BCUT2D eigenvalue weighted by Crippen LogP contribution is -2.47. The Bertz CT molecular complexity index is 406. The van der Waals surface area contributed by atoms with Crippen molar-refractivity contribution in [1.29, 1.82) is 0 Å². The molecule has 0 saturated heterocycles. The molecule has 2 atom stereocenters. The normalized spacial score (nSPS) is 16.2. The van der Waals surface area contributed by atoms with Crippen molar-refractivity contribution in [3.8, 4) is 0 Å². The number of aliphatic hydroxyl groups is 2. The van der Waals surface area contributed by atoms with Crippen molar-refractivity contribution in [2.24, 2.45) is 0 Å². The van der Waals surface area contributed by atoms with Gasteiger partial charge in [-0.2, -0.15) is 0 Å². The summed E-state index contributed by atoms with van der Waals surface area (Å²) >= 11 is 0. The molecule has 23 heavy (non-hydrogen) atoms. The van der Waals surface area contributed by atoms with Crippen LogP contribution in [0.4, 0.5) is 4.79 Å². The van der Waals surface area contributed by atoms with Crippen LogP contribution in [0.1, 0.15) is 61.3 Å². The van der Waals surface area contributed by atoms with Crippen LogP contribution in [0.5, 0.6) is 0 Å². The van der Waals surface area contributed by atoms with Crippen molar-refractivity contribution in [2.75, 3.05) is 6.61 Å².